The summed E-state index contributed by atoms with van der Waals surface area (Å²) in [6.07, 6.45) is 3.67. The summed E-state index contributed by atoms with van der Waals surface area (Å²) in [5.41, 5.74) is 2.59. The van der Waals surface area contributed by atoms with Crippen LogP contribution in [0, 0.1) is 11.3 Å². The van der Waals surface area contributed by atoms with Crippen molar-refractivity contribution in [1.82, 2.24) is 20.0 Å². The first-order valence-electron chi connectivity index (χ1n) is 8.36. The molecule has 0 unspecified atom stereocenters. The number of nitriles is 1. The lowest BCUT2D eigenvalue weighted by molar-refractivity contribution is 0.191. The average molecular weight is 338 g/mol. The number of amides is 2. The Kier molecular flexibility index (Phi) is 4.89. The number of aryl methyl sites for hydroxylation is 1. The normalized spacial score (nSPS) is 15.6. The summed E-state index contributed by atoms with van der Waals surface area (Å²) >= 11 is 0. The van der Waals surface area contributed by atoms with Crippen LogP contribution in [-0.4, -0.2) is 46.9 Å². The molecule has 1 aliphatic rings. The molecule has 0 spiro atoms. The van der Waals surface area contributed by atoms with Gasteiger partial charge in [-0.25, -0.2) is 4.79 Å². The Morgan fingerprint density at radius 1 is 1.28 bits per heavy atom. The highest BCUT2D eigenvalue weighted by Crippen LogP contribution is 2.21. The van der Waals surface area contributed by atoms with Crippen molar-refractivity contribution in [2.75, 3.05) is 31.1 Å². The fraction of sp³-hybridized carbons (Fsp3) is 0.389. The van der Waals surface area contributed by atoms with Crippen molar-refractivity contribution in [3.05, 3.63) is 47.8 Å². The van der Waals surface area contributed by atoms with E-state index in [4.69, 9.17) is 0 Å². The van der Waals surface area contributed by atoms with Crippen LogP contribution >= 0.6 is 0 Å². The maximum atomic E-state index is 12.5. The number of carbonyl (C=O) groups is 1. The van der Waals surface area contributed by atoms with E-state index in [-0.39, 0.29) is 12.1 Å². The second kappa shape index (κ2) is 7.26. The molecule has 0 radical (unpaired) electrons. The predicted octanol–water partition coefficient (Wildman–Crippen LogP) is 1.88. The quantitative estimate of drug-likeness (QED) is 0.927. The number of nitrogens with one attached hydrogen (secondary N) is 1. The first-order valence-corrected chi connectivity index (χ1v) is 8.36. The van der Waals surface area contributed by atoms with Gasteiger partial charge < -0.3 is 15.1 Å². The minimum atomic E-state index is -0.0847. The van der Waals surface area contributed by atoms with Crippen LogP contribution in [0.3, 0.4) is 0 Å². The zero-order valence-electron chi connectivity index (χ0n) is 14.5. The van der Waals surface area contributed by atoms with E-state index < -0.39 is 0 Å². The van der Waals surface area contributed by atoms with Gasteiger partial charge in [0, 0.05) is 45.0 Å². The third-order valence-corrected chi connectivity index (χ3v) is 4.50. The second-order valence-corrected chi connectivity index (χ2v) is 6.22. The topological polar surface area (TPSA) is 77.2 Å². The Labute approximate surface area is 147 Å². The Bertz CT molecular complexity index is 785. The molecule has 0 bridgehead atoms. The summed E-state index contributed by atoms with van der Waals surface area (Å²) in [7, 11) is 1.86. The lowest BCUT2D eigenvalue weighted by Crippen LogP contribution is -2.52. The van der Waals surface area contributed by atoms with Gasteiger partial charge in [-0.2, -0.15) is 10.4 Å². The van der Waals surface area contributed by atoms with Crippen molar-refractivity contribution < 1.29 is 4.79 Å². The molecular formula is C18H22N6O. The van der Waals surface area contributed by atoms with Crippen LogP contribution in [0.4, 0.5) is 10.5 Å². The first-order chi connectivity index (χ1) is 12.1. The predicted molar refractivity (Wildman–Crippen MR) is 95.1 cm³/mol. The number of aromatic nitrogens is 2. The molecule has 25 heavy (non-hydrogen) atoms. The van der Waals surface area contributed by atoms with Crippen molar-refractivity contribution in [3.8, 4) is 6.07 Å². The van der Waals surface area contributed by atoms with Crippen LogP contribution in [0.15, 0.2) is 36.7 Å². The van der Waals surface area contributed by atoms with Gasteiger partial charge in [-0.15, -0.1) is 0 Å². The lowest BCUT2D eigenvalue weighted by Gasteiger charge is -2.36. The molecule has 2 amide bonds. The summed E-state index contributed by atoms with van der Waals surface area (Å²) < 4.78 is 1.73. The molecular weight excluding hydrogens is 316 g/mol. The van der Waals surface area contributed by atoms with Gasteiger partial charge in [-0.3, -0.25) is 4.68 Å². The van der Waals surface area contributed by atoms with Crippen LogP contribution in [0.1, 0.15) is 24.1 Å². The van der Waals surface area contributed by atoms with Crippen molar-refractivity contribution in [2.45, 2.75) is 13.0 Å². The van der Waals surface area contributed by atoms with E-state index >= 15 is 0 Å². The summed E-state index contributed by atoms with van der Waals surface area (Å²) in [6, 6.07) is 9.66. The smallest absolute Gasteiger partial charge is 0.317 e. The van der Waals surface area contributed by atoms with Crippen molar-refractivity contribution >= 4 is 11.7 Å². The number of para-hydroxylation sites is 1. The van der Waals surface area contributed by atoms with Gasteiger partial charge in [0.15, 0.2) is 0 Å². The number of benzene rings is 1. The summed E-state index contributed by atoms with van der Waals surface area (Å²) in [5.74, 6) is 0. The Morgan fingerprint density at radius 2 is 2.00 bits per heavy atom. The van der Waals surface area contributed by atoms with E-state index in [1.54, 1.807) is 10.9 Å². The van der Waals surface area contributed by atoms with Gasteiger partial charge in [-0.05, 0) is 19.1 Å². The Hall–Kier alpha value is -3.01. The van der Waals surface area contributed by atoms with Crippen LogP contribution in [0.25, 0.3) is 0 Å². The molecule has 0 saturated carbocycles. The Morgan fingerprint density at radius 3 is 2.64 bits per heavy atom. The van der Waals surface area contributed by atoms with Gasteiger partial charge in [-0.1, -0.05) is 12.1 Å². The maximum Gasteiger partial charge on any atom is 0.317 e. The molecule has 1 saturated heterocycles. The minimum Gasteiger partial charge on any atom is -0.367 e. The molecule has 7 nitrogen and oxygen atoms in total. The molecule has 2 heterocycles. The van der Waals surface area contributed by atoms with Gasteiger partial charge in [0.1, 0.15) is 6.07 Å². The number of nitrogens with zero attached hydrogens (tertiary/aromatic N) is 5. The highest BCUT2D eigenvalue weighted by Gasteiger charge is 2.23. The molecule has 130 valence electrons. The number of piperazine rings is 1. The minimum absolute atomic E-state index is 0.0652. The SMILES string of the molecule is C[C@@H](NC(=O)N1CCN(c2ccccc2C#N)CC1)c1cnn(C)c1. The highest BCUT2D eigenvalue weighted by molar-refractivity contribution is 5.75. The van der Waals surface area contributed by atoms with Gasteiger partial charge >= 0.3 is 6.03 Å². The van der Waals surface area contributed by atoms with E-state index in [1.165, 1.54) is 0 Å². The molecule has 1 atom stereocenters. The lowest BCUT2D eigenvalue weighted by atomic mass is 10.1. The fourth-order valence-corrected chi connectivity index (χ4v) is 3.02. The molecule has 1 aliphatic heterocycles. The number of carbonyl (C=O) groups excluding carboxylic acids is 1. The molecule has 3 rings (SSSR count). The zero-order chi connectivity index (χ0) is 17.8. The van der Waals surface area contributed by atoms with Crippen molar-refractivity contribution in [2.24, 2.45) is 7.05 Å². The van der Waals surface area contributed by atoms with Gasteiger partial charge in [0.2, 0.25) is 0 Å². The van der Waals surface area contributed by atoms with E-state index in [0.717, 1.165) is 11.3 Å². The van der Waals surface area contributed by atoms with E-state index in [1.807, 2.05) is 49.3 Å². The van der Waals surface area contributed by atoms with Crippen LogP contribution in [0.2, 0.25) is 0 Å². The third kappa shape index (κ3) is 3.74. The van der Waals surface area contributed by atoms with Crippen LogP contribution < -0.4 is 10.2 Å². The maximum absolute atomic E-state index is 12.5. The summed E-state index contributed by atoms with van der Waals surface area (Å²) in [6.45, 7) is 4.64. The number of anilines is 1. The van der Waals surface area contributed by atoms with E-state index in [0.29, 0.717) is 31.7 Å². The number of hydrogen-bond acceptors (Lipinski definition) is 4. The average Bonchev–Trinajstić information content (AvgIpc) is 3.08. The first kappa shape index (κ1) is 16.8. The monoisotopic (exact) mass is 338 g/mol. The van der Waals surface area contributed by atoms with E-state index in [2.05, 4.69) is 21.4 Å². The molecule has 2 aromatic rings. The van der Waals surface area contributed by atoms with Crippen molar-refractivity contribution in [1.29, 1.82) is 5.26 Å². The van der Waals surface area contributed by atoms with Crippen LogP contribution in [-0.2, 0) is 7.05 Å². The van der Waals surface area contributed by atoms with E-state index in [9.17, 15) is 10.1 Å². The largest absolute Gasteiger partial charge is 0.367 e. The number of urea groups is 1. The number of hydrogen-bond donors (Lipinski definition) is 1. The zero-order valence-corrected chi connectivity index (χ0v) is 14.5. The van der Waals surface area contributed by atoms with Crippen LogP contribution in [0.5, 0.6) is 0 Å². The fourth-order valence-electron chi connectivity index (χ4n) is 3.02. The summed E-state index contributed by atoms with van der Waals surface area (Å²) in [4.78, 5) is 16.4. The standard InChI is InChI=1S/C18H22N6O/c1-14(16-12-20-22(2)13-16)21-18(25)24-9-7-23(8-10-24)17-6-4-3-5-15(17)11-19/h3-6,12-14H,7-10H2,1-2H3,(H,21,25)/t14-/m1/s1. The van der Waals surface area contributed by atoms with Gasteiger partial charge in [0.25, 0.3) is 0 Å². The van der Waals surface area contributed by atoms with Crippen molar-refractivity contribution in [3.63, 3.8) is 0 Å². The third-order valence-electron chi connectivity index (χ3n) is 4.50. The molecule has 1 fully saturated rings. The molecule has 7 heteroatoms. The number of rotatable bonds is 3. The highest BCUT2D eigenvalue weighted by atomic mass is 16.2. The summed E-state index contributed by atoms with van der Waals surface area (Å²) in [5, 5.41) is 16.4. The molecule has 1 aromatic carbocycles. The Balaban J connectivity index is 1.57. The second-order valence-electron chi connectivity index (χ2n) is 6.22. The molecule has 1 aromatic heterocycles. The molecule has 1 N–H and O–H groups in total. The molecule has 0 aliphatic carbocycles. The van der Waals surface area contributed by atoms with Gasteiger partial charge in [0.05, 0.1) is 23.5 Å².